The third-order valence-corrected chi connectivity index (χ3v) is 3.55. The summed E-state index contributed by atoms with van der Waals surface area (Å²) >= 11 is 3.41. The van der Waals surface area contributed by atoms with Crippen LogP contribution in [-0.2, 0) is 9.53 Å². The number of nitrogens with zero attached hydrogens (tertiary/aromatic N) is 1. The minimum Gasteiger partial charge on any atom is -0.378 e. The number of hydrogen-bond donors (Lipinski definition) is 0. The van der Waals surface area contributed by atoms with Gasteiger partial charge in [0.25, 0.3) is 0 Å². The molecule has 1 rings (SSSR count). The highest BCUT2D eigenvalue weighted by Gasteiger charge is 2.32. The van der Waals surface area contributed by atoms with Gasteiger partial charge in [0, 0.05) is 17.9 Å². The molecule has 16 heavy (non-hydrogen) atoms. The summed E-state index contributed by atoms with van der Waals surface area (Å²) in [6, 6.07) is 0.280. The molecule has 3 nitrogen and oxygen atoms in total. The largest absolute Gasteiger partial charge is 0.378 e. The smallest absolute Gasteiger partial charge is 0.228 e. The summed E-state index contributed by atoms with van der Waals surface area (Å²) in [5.41, 5.74) is 0. The topological polar surface area (TPSA) is 29.5 Å². The molecule has 1 fully saturated rings. The molecule has 0 aromatic rings. The van der Waals surface area contributed by atoms with Crippen molar-refractivity contribution in [2.24, 2.45) is 5.92 Å². The van der Waals surface area contributed by atoms with Crippen molar-refractivity contribution in [3.63, 3.8) is 0 Å². The van der Waals surface area contributed by atoms with E-state index in [0.29, 0.717) is 6.61 Å². The lowest BCUT2D eigenvalue weighted by atomic mass is 10.0. The third-order valence-electron chi connectivity index (χ3n) is 2.99. The van der Waals surface area contributed by atoms with Gasteiger partial charge in [0.2, 0.25) is 5.91 Å². The van der Waals surface area contributed by atoms with Crippen LogP contribution < -0.4 is 0 Å². The van der Waals surface area contributed by atoms with E-state index >= 15 is 0 Å². The summed E-state index contributed by atoms with van der Waals surface area (Å²) in [5, 5.41) is 0.946. The molecule has 0 bridgehead atoms. The van der Waals surface area contributed by atoms with Crippen molar-refractivity contribution < 1.29 is 9.53 Å². The van der Waals surface area contributed by atoms with E-state index in [0.717, 1.165) is 24.7 Å². The van der Waals surface area contributed by atoms with Gasteiger partial charge in [0.05, 0.1) is 18.6 Å². The number of amides is 1. The van der Waals surface area contributed by atoms with Crippen LogP contribution in [0.4, 0.5) is 0 Å². The number of alkyl halides is 1. The first kappa shape index (κ1) is 14.0. The highest BCUT2D eigenvalue weighted by atomic mass is 79.9. The lowest BCUT2D eigenvalue weighted by Crippen LogP contribution is -2.42. The first-order valence-electron chi connectivity index (χ1n) is 6.04. The van der Waals surface area contributed by atoms with E-state index in [-0.39, 0.29) is 24.0 Å². The van der Waals surface area contributed by atoms with Crippen molar-refractivity contribution in [1.29, 1.82) is 0 Å². The molecule has 0 aromatic carbocycles. The van der Waals surface area contributed by atoms with E-state index in [1.165, 1.54) is 0 Å². The SMILES string of the molecule is CC1CC(C(=O)N(CCCBr)C(C)C)CO1. The van der Waals surface area contributed by atoms with Gasteiger partial charge in [-0.25, -0.2) is 0 Å². The van der Waals surface area contributed by atoms with Gasteiger partial charge in [-0.3, -0.25) is 4.79 Å². The van der Waals surface area contributed by atoms with E-state index in [9.17, 15) is 4.79 Å². The standard InChI is InChI=1S/C12H22BrNO2/c1-9(2)14(6-4-5-13)12(15)11-7-10(3)16-8-11/h9-11H,4-8H2,1-3H3. The Balaban J connectivity index is 2.53. The van der Waals surface area contributed by atoms with Crippen molar-refractivity contribution in [3.05, 3.63) is 0 Å². The van der Waals surface area contributed by atoms with Gasteiger partial charge in [-0.2, -0.15) is 0 Å². The van der Waals surface area contributed by atoms with E-state index < -0.39 is 0 Å². The van der Waals surface area contributed by atoms with Crippen molar-refractivity contribution in [3.8, 4) is 0 Å². The number of rotatable bonds is 5. The van der Waals surface area contributed by atoms with Gasteiger partial charge in [-0.15, -0.1) is 0 Å². The van der Waals surface area contributed by atoms with Crippen molar-refractivity contribution in [2.75, 3.05) is 18.5 Å². The second kappa shape index (κ2) is 6.60. The fourth-order valence-corrected chi connectivity index (χ4v) is 2.33. The minimum atomic E-state index is 0.0766. The molecule has 94 valence electrons. The summed E-state index contributed by atoms with van der Waals surface area (Å²) in [5.74, 6) is 0.341. The Bertz CT molecular complexity index is 233. The monoisotopic (exact) mass is 291 g/mol. The van der Waals surface area contributed by atoms with Crippen LogP contribution in [0, 0.1) is 5.92 Å². The Morgan fingerprint density at radius 2 is 2.25 bits per heavy atom. The van der Waals surface area contributed by atoms with E-state index in [2.05, 4.69) is 29.8 Å². The van der Waals surface area contributed by atoms with Gasteiger partial charge in [0.15, 0.2) is 0 Å². The van der Waals surface area contributed by atoms with Crippen LogP contribution in [-0.4, -0.2) is 41.4 Å². The molecular weight excluding hydrogens is 270 g/mol. The molecule has 1 heterocycles. The molecule has 0 aromatic heterocycles. The van der Waals surface area contributed by atoms with Crippen molar-refractivity contribution in [2.45, 2.75) is 45.8 Å². The van der Waals surface area contributed by atoms with E-state index in [4.69, 9.17) is 4.74 Å². The van der Waals surface area contributed by atoms with Crippen LogP contribution in [0.2, 0.25) is 0 Å². The molecule has 1 aliphatic heterocycles. The normalized spacial score (nSPS) is 25.1. The highest BCUT2D eigenvalue weighted by Crippen LogP contribution is 2.22. The van der Waals surface area contributed by atoms with Gasteiger partial charge in [-0.05, 0) is 33.6 Å². The van der Waals surface area contributed by atoms with Crippen LogP contribution in [0.25, 0.3) is 0 Å². The Labute approximate surface area is 107 Å². The van der Waals surface area contributed by atoms with Crippen LogP contribution in [0.15, 0.2) is 0 Å². The second-order valence-electron chi connectivity index (χ2n) is 4.74. The summed E-state index contributed by atoms with van der Waals surface area (Å²) in [6.45, 7) is 7.62. The minimum absolute atomic E-state index is 0.0766. The van der Waals surface area contributed by atoms with E-state index in [1.807, 2.05) is 11.8 Å². The fourth-order valence-electron chi connectivity index (χ4n) is 2.08. The molecule has 0 N–H and O–H groups in total. The van der Waals surface area contributed by atoms with Gasteiger partial charge in [0.1, 0.15) is 0 Å². The average Bonchev–Trinajstić information content (AvgIpc) is 2.64. The zero-order valence-electron chi connectivity index (χ0n) is 10.4. The maximum atomic E-state index is 12.3. The Morgan fingerprint density at radius 1 is 1.56 bits per heavy atom. The maximum absolute atomic E-state index is 12.3. The molecule has 4 heteroatoms. The molecule has 0 saturated carbocycles. The van der Waals surface area contributed by atoms with Crippen LogP contribution in [0.3, 0.4) is 0 Å². The Morgan fingerprint density at radius 3 is 2.69 bits per heavy atom. The predicted octanol–water partition coefficient (Wildman–Crippen LogP) is 2.43. The number of ether oxygens (including phenoxy) is 1. The summed E-state index contributed by atoms with van der Waals surface area (Å²) in [6.07, 6.45) is 2.11. The van der Waals surface area contributed by atoms with Crippen molar-refractivity contribution in [1.82, 2.24) is 4.90 Å². The first-order chi connectivity index (χ1) is 7.56. The van der Waals surface area contributed by atoms with Crippen LogP contribution >= 0.6 is 15.9 Å². The summed E-state index contributed by atoms with van der Waals surface area (Å²) in [4.78, 5) is 14.2. The zero-order valence-corrected chi connectivity index (χ0v) is 12.0. The lowest BCUT2D eigenvalue weighted by molar-refractivity contribution is -0.137. The molecule has 2 unspecified atom stereocenters. The van der Waals surface area contributed by atoms with Crippen molar-refractivity contribution >= 4 is 21.8 Å². The number of carbonyl (C=O) groups excluding carboxylic acids is 1. The molecule has 0 aliphatic carbocycles. The molecule has 2 atom stereocenters. The molecule has 1 aliphatic rings. The first-order valence-corrected chi connectivity index (χ1v) is 7.16. The van der Waals surface area contributed by atoms with Gasteiger partial charge >= 0.3 is 0 Å². The van der Waals surface area contributed by atoms with Gasteiger partial charge in [-0.1, -0.05) is 15.9 Å². The number of hydrogen-bond acceptors (Lipinski definition) is 2. The maximum Gasteiger partial charge on any atom is 0.228 e. The highest BCUT2D eigenvalue weighted by molar-refractivity contribution is 9.09. The predicted molar refractivity (Wildman–Crippen MR) is 68.8 cm³/mol. The molecule has 0 radical (unpaired) electrons. The molecular formula is C12H22BrNO2. The van der Waals surface area contributed by atoms with Crippen LogP contribution in [0.5, 0.6) is 0 Å². The number of halogens is 1. The van der Waals surface area contributed by atoms with E-state index in [1.54, 1.807) is 0 Å². The zero-order chi connectivity index (χ0) is 12.1. The summed E-state index contributed by atoms with van der Waals surface area (Å²) < 4.78 is 5.46. The van der Waals surface area contributed by atoms with Gasteiger partial charge < -0.3 is 9.64 Å². The Kier molecular flexibility index (Phi) is 5.76. The second-order valence-corrected chi connectivity index (χ2v) is 5.54. The summed E-state index contributed by atoms with van der Waals surface area (Å²) in [7, 11) is 0. The fraction of sp³-hybridized carbons (Fsp3) is 0.917. The number of carbonyl (C=O) groups is 1. The third kappa shape index (κ3) is 3.74. The van der Waals surface area contributed by atoms with Crippen LogP contribution in [0.1, 0.15) is 33.6 Å². The molecule has 1 saturated heterocycles. The lowest BCUT2D eigenvalue weighted by Gasteiger charge is -2.28. The molecule has 1 amide bonds. The quantitative estimate of drug-likeness (QED) is 0.728. The Hall–Kier alpha value is -0.0900. The average molecular weight is 292 g/mol. The molecule has 0 spiro atoms.